The SMILES string of the molecule is C=C[C@](C)(O)CC/C=C(\C)[C@H]1CC=C(C)C(=O)O1. The molecule has 100 valence electrons. The molecule has 2 atom stereocenters. The summed E-state index contributed by atoms with van der Waals surface area (Å²) >= 11 is 0. The summed E-state index contributed by atoms with van der Waals surface area (Å²) in [6.45, 7) is 9.04. The molecule has 3 nitrogen and oxygen atoms in total. The summed E-state index contributed by atoms with van der Waals surface area (Å²) in [5, 5.41) is 9.78. The topological polar surface area (TPSA) is 46.5 Å². The second-order valence-corrected chi connectivity index (χ2v) is 5.06. The molecule has 1 aliphatic rings. The highest BCUT2D eigenvalue weighted by Crippen LogP contribution is 2.21. The Kier molecular flexibility index (Phi) is 4.91. The van der Waals surface area contributed by atoms with E-state index in [9.17, 15) is 9.90 Å². The van der Waals surface area contributed by atoms with Crippen LogP contribution in [-0.2, 0) is 9.53 Å². The van der Waals surface area contributed by atoms with Crippen LogP contribution in [0.1, 0.15) is 40.0 Å². The molecule has 0 fully saturated rings. The third-order valence-corrected chi connectivity index (χ3v) is 3.27. The van der Waals surface area contributed by atoms with E-state index in [4.69, 9.17) is 4.74 Å². The minimum absolute atomic E-state index is 0.158. The smallest absolute Gasteiger partial charge is 0.333 e. The molecule has 0 aromatic heterocycles. The normalized spacial score (nSPS) is 24.0. The highest BCUT2D eigenvalue weighted by molar-refractivity contribution is 5.88. The number of ether oxygens (including phenoxy) is 1. The Morgan fingerprint density at radius 2 is 2.39 bits per heavy atom. The molecule has 0 bridgehead atoms. The molecule has 1 N–H and O–H groups in total. The van der Waals surface area contributed by atoms with E-state index in [2.05, 4.69) is 6.58 Å². The molecule has 1 aliphatic heterocycles. The molecule has 1 heterocycles. The van der Waals surface area contributed by atoms with Crippen LogP contribution in [0.4, 0.5) is 0 Å². The number of hydrogen-bond acceptors (Lipinski definition) is 3. The molecule has 0 aromatic carbocycles. The first-order valence-electron chi connectivity index (χ1n) is 6.26. The van der Waals surface area contributed by atoms with Gasteiger partial charge in [-0.25, -0.2) is 4.79 Å². The minimum Gasteiger partial charge on any atom is -0.454 e. The van der Waals surface area contributed by atoms with Crippen LogP contribution in [0.5, 0.6) is 0 Å². The van der Waals surface area contributed by atoms with Crippen LogP contribution in [0.2, 0.25) is 0 Å². The predicted octanol–water partition coefficient (Wildman–Crippen LogP) is 2.91. The monoisotopic (exact) mass is 250 g/mol. The van der Waals surface area contributed by atoms with Crippen molar-refractivity contribution >= 4 is 5.97 Å². The van der Waals surface area contributed by atoms with Crippen molar-refractivity contribution in [3.8, 4) is 0 Å². The molecule has 0 spiro atoms. The van der Waals surface area contributed by atoms with Gasteiger partial charge in [0.15, 0.2) is 0 Å². The zero-order valence-corrected chi connectivity index (χ0v) is 11.4. The Hall–Kier alpha value is -1.35. The van der Waals surface area contributed by atoms with Gasteiger partial charge in [-0.2, -0.15) is 0 Å². The number of aliphatic hydroxyl groups is 1. The van der Waals surface area contributed by atoms with Gasteiger partial charge < -0.3 is 9.84 Å². The van der Waals surface area contributed by atoms with E-state index in [1.54, 1.807) is 19.9 Å². The van der Waals surface area contributed by atoms with Gasteiger partial charge >= 0.3 is 5.97 Å². The van der Waals surface area contributed by atoms with Crippen molar-refractivity contribution < 1.29 is 14.6 Å². The maximum atomic E-state index is 11.4. The van der Waals surface area contributed by atoms with Crippen molar-refractivity contribution in [2.45, 2.75) is 51.7 Å². The standard InChI is InChI=1S/C15H22O3/c1-5-15(4,17)10-6-7-11(2)13-9-8-12(3)14(16)18-13/h5,7-8,13,17H,1,6,9-10H2,2-4H3/b11-7+/t13-,15+/m1/s1. The molecule has 0 aliphatic carbocycles. The van der Waals surface area contributed by atoms with Crippen LogP contribution in [0.25, 0.3) is 0 Å². The average Bonchev–Trinajstić information content (AvgIpc) is 2.32. The van der Waals surface area contributed by atoms with Crippen LogP contribution in [0, 0.1) is 0 Å². The minimum atomic E-state index is -0.837. The molecule has 0 amide bonds. The third kappa shape index (κ3) is 4.15. The Labute approximate surface area is 109 Å². The first kappa shape index (κ1) is 14.7. The average molecular weight is 250 g/mol. The van der Waals surface area contributed by atoms with E-state index in [1.807, 2.05) is 19.1 Å². The fourth-order valence-corrected chi connectivity index (χ4v) is 1.74. The molecule has 0 saturated heterocycles. The summed E-state index contributed by atoms with van der Waals surface area (Å²) in [6, 6.07) is 0. The number of carbonyl (C=O) groups is 1. The number of rotatable bonds is 5. The second-order valence-electron chi connectivity index (χ2n) is 5.06. The van der Waals surface area contributed by atoms with Gasteiger partial charge in [0.25, 0.3) is 0 Å². The number of allylic oxidation sites excluding steroid dienone is 1. The van der Waals surface area contributed by atoms with Crippen LogP contribution in [-0.4, -0.2) is 22.8 Å². The fourth-order valence-electron chi connectivity index (χ4n) is 1.74. The Bertz CT molecular complexity index is 389. The first-order valence-corrected chi connectivity index (χ1v) is 6.26. The number of esters is 1. The third-order valence-electron chi connectivity index (χ3n) is 3.27. The summed E-state index contributed by atoms with van der Waals surface area (Å²) in [4.78, 5) is 11.4. The molecular weight excluding hydrogens is 228 g/mol. The molecule has 1 rings (SSSR count). The largest absolute Gasteiger partial charge is 0.454 e. The highest BCUT2D eigenvalue weighted by Gasteiger charge is 2.21. The lowest BCUT2D eigenvalue weighted by Crippen LogP contribution is -2.24. The quantitative estimate of drug-likeness (QED) is 0.603. The molecule has 0 unspecified atom stereocenters. The van der Waals surface area contributed by atoms with Crippen molar-refractivity contribution in [1.82, 2.24) is 0 Å². The van der Waals surface area contributed by atoms with E-state index in [0.717, 1.165) is 18.4 Å². The van der Waals surface area contributed by atoms with E-state index in [-0.39, 0.29) is 12.1 Å². The predicted molar refractivity (Wildman–Crippen MR) is 72.1 cm³/mol. The maximum absolute atomic E-state index is 11.4. The van der Waals surface area contributed by atoms with E-state index in [0.29, 0.717) is 12.0 Å². The lowest BCUT2D eigenvalue weighted by Gasteiger charge is -2.22. The van der Waals surface area contributed by atoms with Gasteiger partial charge in [0.05, 0.1) is 5.60 Å². The van der Waals surface area contributed by atoms with Crippen LogP contribution >= 0.6 is 0 Å². The summed E-state index contributed by atoms with van der Waals surface area (Å²) in [5.74, 6) is -0.239. The molecule has 0 saturated carbocycles. The summed E-state index contributed by atoms with van der Waals surface area (Å²) in [7, 11) is 0. The van der Waals surface area contributed by atoms with Crippen molar-refractivity contribution in [1.29, 1.82) is 0 Å². The summed E-state index contributed by atoms with van der Waals surface area (Å²) in [5.41, 5.74) is 0.872. The van der Waals surface area contributed by atoms with Gasteiger partial charge in [-0.15, -0.1) is 6.58 Å². The second kappa shape index (κ2) is 6.01. The number of cyclic esters (lactones) is 1. The van der Waals surface area contributed by atoms with Gasteiger partial charge in [-0.1, -0.05) is 18.2 Å². The molecule has 18 heavy (non-hydrogen) atoms. The van der Waals surface area contributed by atoms with Crippen molar-refractivity contribution in [2.24, 2.45) is 0 Å². The van der Waals surface area contributed by atoms with Gasteiger partial charge in [-0.05, 0) is 39.2 Å². The Balaban J connectivity index is 2.53. The zero-order chi connectivity index (χ0) is 13.8. The Morgan fingerprint density at radius 1 is 1.72 bits per heavy atom. The number of hydrogen-bond donors (Lipinski definition) is 1. The van der Waals surface area contributed by atoms with E-state index >= 15 is 0 Å². The Morgan fingerprint density at radius 3 is 2.94 bits per heavy atom. The van der Waals surface area contributed by atoms with Crippen molar-refractivity contribution in [3.05, 3.63) is 36.0 Å². The molecular formula is C15H22O3. The van der Waals surface area contributed by atoms with Gasteiger partial charge in [0.2, 0.25) is 0 Å². The lowest BCUT2D eigenvalue weighted by molar-refractivity contribution is -0.143. The van der Waals surface area contributed by atoms with E-state index < -0.39 is 5.60 Å². The van der Waals surface area contributed by atoms with Gasteiger partial charge in [0.1, 0.15) is 6.10 Å². The fraction of sp³-hybridized carbons (Fsp3) is 0.533. The maximum Gasteiger partial charge on any atom is 0.333 e. The zero-order valence-electron chi connectivity index (χ0n) is 11.4. The summed E-state index contributed by atoms with van der Waals surface area (Å²) in [6.07, 6.45) is 7.40. The lowest BCUT2D eigenvalue weighted by atomic mass is 9.97. The van der Waals surface area contributed by atoms with Crippen LogP contribution in [0.3, 0.4) is 0 Å². The van der Waals surface area contributed by atoms with Gasteiger partial charge in [-0.3, -0.25) is 0 Å². The van der Waals surface area contributed by atoms with Gasteiger partial charge in [0, 0.05) is 12.0 Å². The molecule has 0 radical (unpaired) electrons. The van der Waals surface area contributed by atoms with E-state index in [1.165, 1.54) is 0 Å². The van der Waals surface area contributed by atoms with Crippen molar-refractivity contribution in [3.63, 3.8) is 0 Å². The van der Waals surface area contributed by atoms with Crippen LogP contribution in [0.15, 0.2) is 36.0 Å². The molecule has 0 aromatic rings. The van der Waals surface area contributed by atoms with Crippen LogP contribution < -0.4 is 0 Å². The number of carbonyl (C=O) groups excluding carboxylic acids is 1. The highest BCUT2D eigenvalue weighted by atomic mass is 16.5. The van der Waals surface area contributed by atoms with Crippen molar-refractivity contribution in [2.75, 3.05) is 0 Å². The molecule has 3 heteroatoms. The summed E-state index contributed by atoms with van der Waals surface area (Å²) < 4.78 is 5.31. The first-order chi connectivity index (χ1) is 8.35.